The number of benzene rings is 3. The first-order valence-corrected chi connectivity index (χ1v) is 8.84. The molecular weight excluding hydrogens is 376 g/mol. The Morgan fingerprint density at radius 1 is 0.800 bits per heavy atom. The number of hydrogen-bond donors (Lipinski definition) is 1. The van der Waals surface area contributed by atoms with Crippen molar-refractivity contribution in [1.82, 2.24) is 0 Å². The highest BCUT2D eigenvalue weighted by Gasteiger charge is 2.09. The van der Waals surface area contributed by atoms with Crippen molar-refractivity contribution in [3.8, 4) is 0 Å². The summed E-state index contributed by atoms with van der Waals surface area (Å²) in [6.07, 6.45) is 0. The van der Waals surface area contributed by atoms with Crippen LogP contribution in [0.15, 0.2) is 83.3 Å². The maximum atomic E-state index is 11.2. The van der Waals surface area contributed by atoms with E-state index in [1.165, 1.54) is 5.56 Å². The van der Waals surface area contributed by atoms with E-state index in [1.807, 2.05) is 30.3 Å². The average Bonchev–Trinajstić information content (AvgIpc) is 2.64. The Morgan fingerprint density at radius 2 is 1.32 bits per heavy atom. The van der Waals surface area contributed by atoms with Gasteiger partial charge in [0.05, 0.1) is 0 Å². The summed E-state index contributed by atoms with van der Waals surface area (Å²) in [4.78, 5) is 13.5. The molecule has 0 bridgehead atoms. The molecular formula is C21H19BrN2O. The average molecular weight is 395 g/mol. The molecule has 25 heavy (non-hydrogen) atoms. The second-order valence-electron chi connectivity index (χ2n) is 5.88. The van der Waals surface area contributed by atoms with E-state index in [0.29, 0.717) is 5.56 Å². The van der Waals surface area contributed by atoms with E-state index in [0.717, 1.165) is 28.8 Å². The lowest BCUT2D eigenvalue weighted by Crippen LogP contribution is -2.22. The van der Waals surface area contributed by atoms with Gasteiger partial charge in [-0.2, -0.15) is 0 Å². The highest BCUT2D eigenvalue weighted by molar-refractivity contribution is 9.10. The molecule has 0 fully saturated rings. The Hall–Kier alpha value is -2.59. The number of rotatable bonds is 6. The molecule has 0 aliphatic heterocycles. The molecule has 0 aromatic heterocycles. The van der Waals surface area contributed by atoms with Gasteiger partial charge < -0.3 is 10.6 Å². The lowest BCUT2D eigenvalue weighted by molar-refractivity contribution is 0.100. The molecule has 0 atom stereocenters. The monoisotopic (exact) mass is 394 g/mol. The number of carbonyl (C=O) groups excluding carboxylic acids is 1. The first kappa shape index (κ1) is 17.2. The number of anilines is 1. The molecule has 3 rings (SSSR count). The number of primary amides is 1. The van der Waals surface area contributed by atoms with Crippen molar-refractivity contribution in [2.45, 2.75) is 13.1 Å². The fourth-order valence-electron chi connectivity index (χ4n) is 2.68. The summed E-state index contributed by atoms with van der Waals surface area (Å²) >= 11 is 3.48. The largest absolute Gasteiger partial charge is 0.366 e. The van der Waals surface area contributed by atoms with Crippen LogP contribution in [0.3, 0.4) is 0 Å². The molecule has 0 spiro atoms. The van der Waals surface area contributed by atoms with Gasteiger partial charge in [0.25, 0.3) is 0 Å². The predicted octanol–water partition coefficient (Wildman–Crippen LogP) is 4.75. The van der Waals surface area contributed by atoms with E-state index in [-0.39, 0.29) is 0 Å². The van der Waals surface area contributed by atoms with Crippen molar-refractivity contribution in [2.24, 2.45) is 5.73 Å². The Labute approximate surface area is 156 Å². The lowest BCUT2D eigenvalue weighted by Gasteiger charge is -2.25. The number of hydrogen-bond acceptors (Lipinski definition) is 2. The molecule has 0 unspecified atom stereocenters. The summed E-state index contributed by atoms with van der Waals surface area (Å²) in [7, 11) is 0. The zero-order valence-corrected chi connectivity index (χ0v) is 15.3. The molecule has 0 heterocycles. The Kier molecular flexibility index (Phi) is 5.51. The van der Waals surface area contributed by atoms with Gasteiger partial charge in [-0.3, -0.25) is 4.79 Å². The first-order chi connectivity index (χ1) is 12.1. The summed E-state index contributed by atoms with van der Waals surface area (Å²) in [6, 6.07) is 26.1. The number of amides is 1. The smallest absolute Gasteiger partial charge is 0.248 e. The van der Waals surface area contributed by atoms with Crippen LogP contribution >= 0.6 is 15.9 Å². The van der Waals surface area contributed by atoms with Gasteiger partial charge in [0.15, 0.2) is 0 Å². The fourth-order valence-corrected chi connectivity index (χ4v) is 2.95. The number of carbonyl (C=O) groups is 1. The van der Waals surface area contributed by atoms with Crippen LogP contribution in [0.25, 0.3) is 0 Å². The highest BCUT2D eigenvalue weighted by atomic mass is 79.9. The second kappa shape index (κ2) is 7.99. The fraction of sp³-hybridized carbons (Fsp3) is 0.0952. The van der Waals surface area contributed by atoms with Gasteiger partial charge in [0, 0.05) is 28.8 Å². The van der Waals surface area contributed by atoms with Crippen LogP contribution in [0.5, 0.6) is 0 Å². The molecule has 1 amide bonds. The second-order valence-corrected chi connectivity index (χ2v) is 6.79. The summed E-state index contributed by atoms with van der Waals surface area (Å²) in [5.41, 5.74) is 9.37. The van der Waals surface area contributed by atoms with Crippen molar-refractivity contribution >= 4 is 27.5 Å². The molecule has 3 aromatic carbocycles. The Balaban J connectivity index is 1.83. The SMILES string of the molecule is NC(=O)c1ccc(CN(Cc2ccc(Br)cc2)c2ccccc2)cc1. The van der Waals surface area contributed by atoms with Crippen LogP contribution in [0, 0.1) is 0 Å². The van der Waals surface area contributed by atoms with Crippen LogP contribution in [-0.4, -0.2) is 5.91 Å². The minimum absolute atomic E-state index is 0.402. The van der Waals surface area contributed by atoms with Crippen LogP contribution in [0.1, 0.15) is 21.5 Å². The lowest BCUT2D eigenvalue weighted by atomic mass is 10.1. The van der Waals surface area contributed by atoms with E-state index in [4.69, 9.17) is 5.73 Å². The minimum atomic E-state index is -0.402. The summed E-state index contributed by atoms with van der Waals surface area (Å²) in [6.45, 7) is 1.55. The summed E-state index contributed by atoms with van der Waals surface area (Å²) < 4.78 is 1.07. The van der Waals surface area contributed by atoms with Gasteiger partial charge in [0.2, 0.25) is 5.91 Å². The molecule has 2 N–H and O–H groups in total. The molecule has 0 radical (unpaired) electrons. The van der Waals surface area contributed by atoms with Crippen molar-refractivity contribution in [2.75, 3.05) is 4.90 Å². The topological polar surface area (TPSA) is 46.3 Å². The number of para-hydroxylation sites is 1. The van der Waals surface area contributed by atoms with E-state index < -0.39 is 5.91 Å². The van der Waals surface area contributed by atoms with Crippen molar-refractivity contribution in [3.05, 3.63) is 100 Å². The highest BCUT2D eigenvalue weighted by Crippen LogP contribution is 2.21. The summed E-state index contributed by atoms with van der Waals surface area (Å²) in [5, 5.41) is 0. The van der Waals surface area contributed by atoms with Gasteiger partial charge in [-0.25, -0.2) is 0 Å². The maximum Gasteiger partial charge on any atom is 0.248 e. The summed E-state index contributed by atoms with van der Waals surface area (Å²) in [5.74, 6) is -0.402. The van der Waals surface area contributed by atoms with Crippen LogP contribution < -0.4 is 10.6 Å². The zero-order valence-electron chi connectivity index (χ0n) is 13.7. The molecule has 0 saturated carbocycles. The zero-order chi connectivity index (χ0) is 17.6. The van der Waals surface area contributed by atoms with Crippen molar-refractivity contribution in [1.29, 1.82) is 0 Å². The first-order valence-electron chi connectivity index (χ1n) is 8.05. The van der Waals surface area contributed by atoms with Gasteiger partial charge in [-0.1, -0.05) is 58.4 Å². The van der Waals surface area contributed by atoms with E-state index in [9.17, 15) is 4.79 Å². The van der Waals surface area contributed by atoms with E-state index in [2.05, 4.69) is 57.2 Å². The van der Waals surface area contributed by atoms with Crippen LogP contribution in [0.4, 0.5) is 5.69 Å². The maximum absolute atomic E-state index is 11.2. The van der Waals surface area contributed by atoms with Gasteiger partial charge >= 0.3 is 0 Å². The molecule has 0 aliphatic carbocycles. The molecule has 126 valence electrons. The molecule has 0 aliphatic rings. The number of nitrogens with two attached hydrogens (primary N) is 1. The molecule has 4 heteroatoms. The van der Waals surface area contributed by atoms with Gasteiger partial charge in [-0.05, 0) is 47.5 Å². The van der Waals surface area contributed by atoms with Crippen molar-refractivity contribution in [3.63, 3.8) is 0 Å². The van der Waals surface area contributed by atoms with Gasteiger partial charge in [-0.15, -0.1) is 0 Å². The minimum Gasteiger partial charge on any atom is -0.366 e. The number of halogens is 1. The van der Waals surface area contributed by atoms with Crippen molar-refractivity contribution < 1.29 is 4.79 Å². The molecule has 3 nitrogen and oxygen atoms in total. The quantitative estimate of drug-likeness (QED) is 0.655. The van der Waals surface area contributed by atoms with E-state index in [1.54, 1.807) is 12.1 Å². The molecule has 0 saturated heterocycles. The van der Waals surface area contributed by atoms with Crippen LogP contribution in [0.2, 0.25) is 0 Å². The standard InChI is InChI=1S/C21H19BrN2O/c22-19-12-8-17(9-13-19)15-24(20-4-2-1-3-5-20)14-16-6-10-18(11-7-16)21(23)25/h1-13H,14-15H2,(H2,23,25). The number of nitrogens with zero attached hydrogens (tertiary/aromatic N) is 1. The predicted molar refractivity (Wildman–Crippen MR) is 105 cm³/mol. The normalized spacial score (nSPS) is 10.4. The van der Waals surface area contributed by atoms with Gasteiger partial charge in [0.1, 0.15) is 0 Å². The van der Waals surface area contributed by atoms with Crippen LogP contribution in [-0.2, 0) is 13.1 Å². The Bertz CT molecular complexity index is 830. The third-order valence-electron chi connectivity index (χ3n) is 4.02. The Morgan fingerprint density at radius 3 is 1.84 bits per heavy atom. The van der Waals surface area contributed by atoms with E-state index >= 15 is 0 Å². The molecule has 3 aromatic rings. The third-order valence-corrected chi connectivity index (χ3v) is 4.55. The third kappa shape index (κ3) is 4.70.